The lowest BCUT2D eigenvalue weighted by Gasteiger charge is -2.20. The number of hydrogen-bond acceptors (Lipinski definition) is 2. The van der Waals surface area contributed by atoms with Crippen LogP contribution >= 0.6 is 0 Å². The summed E-state index contributed by atoms with van der Waals surface area (Å²) in [6.07, 6.45) is 1.93. The topological polar surface area (TPSA) is 42.1 Å². The van der Waals surface area contributed by atoms with Gasteiger partial charge in [0, 0.05) is 34.7 Å². The lowest BCUT2D eigenvalue weighted by molar-refractivity contribution is 0.0462. The maximum absolute atomic E-state index is 12.6. The highest BCUT2D eigenvalue weighted by molar-refractivity contribution is 6.10. The number of Topliss-reactive ketones (excluding diaryl/α,β-unsaturated/α-hetero) is 1. The molecule has 94 valence electrons. The Hall–Kier alpha value is -1.61. The number of ketones is 1. The van der Waals surface area contributed by atoms with Gasteiger partial charge in [-0.3, -0.25) is 4.79 Å². The molecule has 1 saturated heterocycles. The third-order valence-corrected chi connectivity index (χ3v) is 3.67. The number of benzene rings is 1. The van der Waals surface area contributed by atoms with E-state index in [0.717, 1.165) is 41.6 Å². The molecule has 0 bridgehead atoms. The van der Waals surface area contributed by atoms with Crippen molar-refractivity contribution in [1.29, 1.82) is 0 Å². The van der Waals surface area contributed by atoms with Crippen molar-refractivity contribution < 1.29 is 9.53 Å². The van der Waals surface area contributed by atoms with Crippen LogP contribution in [0, 0.1) is 12.8 Å². The second-order valence-electron chi connectivity index (χ2n) is 4.95. The largest absolute Gasteiger partial charge is 0.381 e. The zero-order valence-electron chi connectivity index (χ0n) is 10.5. The zero-order valence-corrected chi connectivity index (χ0v) is 10.5. The number of fused-ring (bicyclic) bond motifs is 1. The van der Waals surface area contributed by atoms with Gasteiger partial charge in [0.2, 0.25) is 0 Å². The molecule has 0 aliphatic carbocycles. The number of aryl methyl sites for hydroxylation is 1. The number of aromatic amines is 1. The quantitative estimate of drug-likeness (QED) is 0.823. The van der Waals surface area contributed by atoms with Gasteiger partial charge in [-0.05, 0) is 25.8 Å². The van der Waals surface area contributed by atoms with E-state index in [1.807, 2.05) is 31.2 Å². The standard InChI is InChI=1S/C15H17NO2/c1-10-14(12-6-2-3-7-13(12)16-10)15(17)11-5-4-8-18-9-11/h2-3,6-7,11,16H,4-5,8-9H2,1H3. The minimum atomic E-state index is 0.0247. The molecule has 1 N–H and O–H groups in total. The van der Waals surface area contributed by atoms with E-state index in [2.05, 4.69) is 4.98 Å². The Morgan fingerprint density at radius 3 is 3.00 bits per heavy atom. The average molecular weight is 243 g/mol. The number of hydrogen-bond donors (Lipinski definition) is 1. The highest BCUT2D eigenvalue weighted by atomic mass is 16.5. The first-order chi connectivity index (χ1) is 8.77. The van der Waals surface area contributed by atoms with Crippen LogP contribution in [0.1, 0.15) is 28.9 Å². The molecule has 0 spiro atoms. The fraction of sp³-hybridized carbons (Fsp3) is 0.400. The van der Waals surface area contributed by atoms with E-state index in [9.17, 15) is 4.79 Å². The Morgan fingerprint density at radius 2 is 2.22 bits per heavy atom. The van der Waals surface area contributed by atoms with Gasteiger partial charge in [-0.2, -0.15) is 0 Å². The van der Waals surface area contributed by atoms with E-state index >= 15 is 0 Å². The molecule has 0 saturated carbocycles. The fourth-order valence-electron chi connectivity index (χ4n) is 2.75. The zero-order chi connectivity index (χ0) is 12.5. The molecule has 2 aromatic rings. The summed E-state index contributed by atoms with van der Waals surface area (Å²) in [6.45, 7) is 3.32. The summed E-state index contributed by atoms with van der Waals surface area (Å²) < 4.78 is 5.42. The van der Waals surface area contributed by atoms with Gasteiger partial charge in [0.1, 0.15) is 0 Å². The van der Waals surface area contributed by atoms with Crippen LogP contribution in [0.5, 0.6) is 0 Å². The summed E-state index contributed by atoms with van der Waals surface area (Å²) in [6, 6.07) is 7.98. The van der Waals surface area contributed by atoms with Crippen LogP contribution in [0.4, 0.5) is 0 Å². The van der Waals surface area contributed by atoms with E-state index < -0.39 is 0 Å². The molecule has 1 fully saturated rings. The predicted molar refractivity (Wildman–Crippen MR) is 70.9 cm³/mol. The molecule has 1 aromatic carbocycles. The minimum absolute atomic E-state index is 0.0247. The van der Waals surface area contributed by atoms with Crippen molar-refractivity contribution in [3.8, 4) is 0 Å². The molecule has 1 unspecified atom stereocenters. The number of nitrogens with one attached hydrogen (secondary N) is 1. The van der Waals surface area contributed by atoms with Gasteiger partial charge in [-0.25, -0.2) is 0 Å². The van der Waals surface area contributed by atoms with Gasteiger partial charge in [0.25, 0.3) is 0 Å². The summed E-state index contributed by atoms with van der Waals surface area (Å²) >= 11 is 0. The molecular weight excluding hydrogens is 226 g/mol. The van der Waals surface area contributed by atoms with Gasteiger partial charge >= 0.3 is 0 Å². The Labute approximate surface area is 106 Å². The molecule has 3 nitrogen and oxygen atoms in total. The number of carbonyl (C=O) groups is 1. The van der Waals surface area contributed by atoms with Crippen LogP contribution in [0.2, 0.25) is 0 Å². The first-order valence-corrected chi connectivity index (χ1v) is 6.46. The molecule has 3 heteroatoms. The lowest BCUT2D eigenvalue weighted by atomic mass is 9.91. The SMILES string of the molecule is Cc1[nH]c2ccccc2c1C(=O)C1CCCOC1. The summed E-state index contributed by atoms with van der Waals surface area (Å²) in [5.41, 5.74) is 2.85. The van der Waals surface area contributed by atoms with E-state index in [1.54, 1.807) is 0 Å². The first kappa shape index (κ1) is 11.5. The fourth-order valence-corrected chi connectivity index (χ4v) is 2.75. The molecular formula is C15H17NO2. The van der Waals surface area contributed by atoms with E-state index in [4.69, 9.17) is 4.74 Å². The summed E-state index contributed by atoms with van der Waals surface area (Å²) in [5.74, 6) is 0.251. The van der Waals surface area contributed by atoms with Crippen molar-refractivity contribution in [2.75, 3.05) is 13.2 Å². The highest BCUT2D eigenvalue weighted by Gasteiger charge is 2.26. The van der Waals surface area contributed by atoms with Gasteiger partial charge in [-0.1, -0.05) is 18.2 Å². The Balaban J connectivity index is 2.02. The highest BCUT2D eigenvalue weighted by Crippen LogP contribution is 2.27. The number of aromatic nitrogens is 1. The number of para-hydroxylation sites is 1. The van der Waals surface area contributed by atoms with Crippen molar-refractivity contribution >= 4 is 16.7 Å². The average Bonchev–Trinajstić information content (AvgIpc) is 2.75. The second-order valence-corrected chi connectivity index (χ2v) is 4.95. The van der Waals surface area contributed by atoms with Crippen molar-refractivity contribution in [2.45, 2.75) is 19.8 Å². The van der Waals surface area contributed by atoms with E-state index in [-0.39, 0.29) is 11.7 Å². The predicted octanol–water partition coefficient (Wildman–Crippen LogP) is 3.09. The van der Waals surface area contributed by atoms with Crippen molar-refractivity contribution in [1.82, 2.24) is 4.98 Å². The minimum Gasteiger partial charge on any atom is -0.381 e. The number of H-pyrrole nitrogens is 1. The van der Waals surface area contributed by atoms with Crippen LogP contribution in [0.3, 0.4) is 0 Å². The van der Waals surface area contributed by atoms with Gasteiger partial charge < -0.3 is 9.72 Å². The molecule has 3 rings (SSSR count). The van der Waals surface area contributed by atoms with Crippen LogP contribution < -0.4 is 0 Å². The molecule has 2 heterocycles. The maximum Gasteiger partial charge on any atom is 0.170 e. The summed E-state index contributed by atoms with van der Waals surface area (Å²) in [7, 11) is 0. The van der Waals surface area contributed by atoms with Crippen molar-refractivity contribution in [2.24, 2.45) is 5.92 Å². The molecule has 1 aliphatic heterocycles. The van der Waals surface area contributed by atoms with Crippen LogP contribution in [0.15, 0.2) is 24.3 Å². The van der Waals surface area contributed by atoms with Crippen LogP contribution in [-0.2, 0) is 4.74 Å². The molecule has 0 amide bonds. The molecule has 1 aromatic heterocycles. The third kappa shape index (κ3) is 1.85. The summed E-state index contributed by atoms with van der Waals surface area (Å²) in [4.78, 5) is 15.9. The molecule has 18 heavy (non-hydrogen) atoms. The Kier molecular flexibility index (Phi) is 2.92. The number of rotatable bonds is 2. The lowest BCUT2D eigenvalue weighted by Crippen LogP contribution is -2.25. The number of ether oxygens (including phenoxy) is 1. The van der Waals surface area contributed by atoms with Crippen molar-refractivity contribution in [3.05, 3.63) is 35.5 Å². The third-order valence-electron chi connectivity index (χ3n) is 3.67. The Morgan fingerprint density at radius 1 is 1.39 bits per heavy atom. The maximum atomic E-state index is 12.6. The molecule has 0 radical (unpaired) electrons. The first-order valence-electron chi connectivity index (χ1n) is 6.46. The van der Waals surface area contributed by atoms with Crippen molar-refractivity contribution in [3.63, 3.8) is 0 Å². The smallest absolute Gasteiger partial charge is 0.170 e. The van der Waals surface area contributed by atoms with Gasteiger partial charge in [0.15, 0.2) is 5.78 Å². The van der Waals surface area contributed by atoms with Gasteiger partial charge in [-0.15, -0.1) is 0 Å². The monoisotopic (exact) mass is 243 g/mol. The molecule has 1 aliphatic rings. The normalized spacial score (nSPS) is 20.2. The molecule has 1 atom stereocenters. The van der Waals surface area contributed by atoms with Gasteiger partial charge in [0.05, 0.1) is 6.61 Å². The van der Waals surface area contributed by atoms with E-state index in [0.29, 0.717) is 6.61 Å². The van der Waals surface area contributed by atoms with Crippen LogP contribution in [-0.4, -0.2) is 24.0 Å². The van der Waals surface area contributed by atoms with Crippen LogP contribution in [0.25, 0.3) is 10.9 Å². The summed E-state index contributed by atoms with van der Waals surface area (Å²) in [5, 5.41) is 1.03. The number of carbonyl (C=O) groups excluding carboxylic acids is 1. The Bertz CT molecular complexity index is 579. The van der Waals surface area contributed by atoms with E-state index in [1.165, 1.54) is 0 Å². The second kappa shape index (κ2) is 4.58.